The monoisotopic (exact) mass is 287 g/mol. The second-order valence-corrected chi connectivity index (χ2v) is 3.40. The Bertz CT molecular complexity index is 418. The highest BCUT2D eigenvalue weighted by atomic mass is 79.9. The van der Waals surface area contributed by atoms with Gasteiger partial charge in [-0.15, -0.1) is 0 Å². The summed E-state index contributed by atoms with van der Waals surface area (Å²) < 4.78 is 48.9. The van der Waals surface area contributed by atoms with Gasteiger partial charge < -0.3 is 0 Å². The fraction of sp³-hybridized carbons (Fsp3) is 0.143. The molecule has 0 saturated carbocycles. The minimum Gasteiger partial charge on any atom is -0.258 e. The molecule has 0 unspecified atom stereocenters. The second kappa shape index (κ2) is 3.76. The number of nitro benzene ring substituents is 1. The fourth-order valence-electron chi connectivity index (χ4n) is 0.886. The first kappa shape index (κ1) is 11.9. The van der Waals surface area contributed by atoms with Gasteiger partial charge in [0.15, 0.2) is 0 Å². The van der Waals surface area contributed by atoms with Crippen LogP contribution < -0.4 is 0 Å². The maximum absolute atomic E-state index is 13.0. The maximum atomic E-state index is 13.0. The van der Waals surface area contributed by atoms with E-state index in [0.717, 1.165) is 0 Å². The van der Waals surface area contributed by atoms with Gasteiger partial charge in [-0.25, -0.2) is 4.39 Å². The highest BCUT2D eigenvalue weighted by molar-refractivity contribution is 9.10. The highest BCUT2D eigenvalue weighted by Gasteiger charge is 2.36. The van der Waals surface area contributed by atoms with E-state index in [-0.39, 0.29) is 6.07 Å². The number of nitrogens with zero attached hydrogens (tertiary/aromatic N) is 1. The van der Waals surface area contributed by atoms with Crippen LogP contribution in [0.3, 0.4) is 0 Å². The van der Waals surface area contributed by atoms with E-state index >= 15 is 0 Å². The molecule has 82 valence electrons. The van der Waals surface area contributed by atoms with Gasteiger partial charge in [-0.2, -0.15) is 13.2 Å². The molecule has 0 heterocycles. The lowest BCUT2D eigenvalue weighted by Crippen LogP contribution is -2.09. The number of hydrogen-bond donors (Lipinski definition) is 0. The van der Waals surface area contributed by atoms with E-state index in [4.69, 9.17) is 0 Å². The molecule has 0 aliphatic heterocycles. The van der Waals surface area contributed by atoms with Crippen LogP contribution in [0, 0.1) is 15.9 Å². The summed E-state index contributed by atoms with van der Waals surface area (Å²) in [7, 11) is 0. The van der Waals surface area contributed by atoms with Crippen molar-refractivity contribution < 1.29 is 22.5 Å². The second-order valence-electron chi connectivity index (χ2n) is 2.54. The van der Waals surface area contributed by atoms with Gasteiger partial charge in [-0.1, -0.05) is 0 Å². The minimum absolute atomic E-state index is 0.153. The smallest absolute Gasteiger partial charge is 0.258 e. The molecular formula is C7H2BrF4NO2. The Labute approximate surface area is 89.0 Å². The molecule has 0 bridgehead atoms. The quantitative estimate of drug-likeness (QED) is 0.451. The molecule has 0 saturated heterocycles. The number of alkyl halides is 3. The first-order valence-electron chi connectivity index (χ1n) is 3.44. The molecule has 0 spiro atoms. The minimum atomic E-state index is -4.96. The zero-order valence-corrected chi connectivity index (χ0v) is 8.39. The van der Waals surface area contributed by atoms with E-state index in [2.05, 4.69) is 15.9 Å². The molecular weight excluding hydrogens is 286 g/mol. The first-order valence-corrected chi connectivity index (χ1v) is 4.23. The van der Waals surface area contributed by atoms with Crippen molar-refractivity contribution in [2.75, 3.05) is 0 Å². The topological polar surface area (TPSA) is 43.1 Å². The molecule has 1 rings (SSSR count). The lowest BCUT2D eigenvalue weighted by Gasteiger charge is -2.08. The summed E-state index contributed by atoms with van der Waals surface area (Å²) >= 11 is 2.48. The summed E-state index contributed by atoms with van der Waals surface area (Å²) in [5, 5.41) is 10.2. The molecule has 0 aliphatic carbocycles. The lowest BCUT2D eigenvalue weighted by atomic mass is 10.2. The third kappa shape index (κ3) is 2.44. The summed E-state index contributed by atoms with van der Waals surface area (Å²) in [6, 6.07) is 0.824. The van der Waals surface area contributed by atoms with Crippen LogP contribution in [0.25, 0.3) is 0 Å². The maximum Gasteiger partial charge on any atom is 0.419 e. The Hall–Kier alpha value is -1.18. The van der Waals surface area contributed by atoms with Gasteiger partial charge in [0, 0.05) is 12.1 Å². The van der Waals surface area contributed by atoms with Crippen molar-refractivity contribution in [2.45, 2.75) is 6.18 Å². The molecule has 1 aromatic carbocycles. The molecule has 0 aromatic heterocycles. The predicted octanol–water partition coefficient (Wildman–Crippen LogP) is 3.52. The van der Waals surface area contributed by atoms with Crippen molar-refractivity contribution in [2.24, 2.45) is 0 Å². The number of non-ortho nitro benzene ring substituents is 1. The predicted molar refractivity (Wildman–Crippen MR) is 45.8 cm³/mol. The average Bonchev–Trinajstić information content (AvgIpc) is 2.06. The number of rotatable bonds is 1. The molecule has 8 heteroatoms. The van der Waals surface area contributed by atoms with Crippen molar-refractivity contribution in [1.82, 2.24) is 0 Å². The Morgan fingerprint density at radius 3 is 2.27 bits per heavy atom. The van der Waals surface area contributed by atoms with Crippen LogP contribution in [0.2, 0.25) is 0 Å². The van der Waals surface area contributed by atoms with Crippen LogP contribution in [0.1, 0.15) is 5.56 Å². The summed E-state index contributed by atoms with van der Waals surface area (Å²) in [6.45, 7) is 0. The normalized spacial score (nSPS) is 11.5. The Balaban J connectivity index is 3.45. The Morgan fingerprint density at radius 1 is 1.33 bits per heavy atom. The van der Waals surface area contributed by atoms with E-state index in [1.165, 1.54) is 0 Å². The summed E-state index contributed by atoms with van der Waals surface area (Å²) in [5.74, 6) is -1.56. The van der Waals surface area contributed by atoms with E-state index < -0.39 is 32.6 Å². The van der Waals surface area contributed by atoms with Crippen molar-refractivity contribution in [3.8, 4) is 0 Å². The van der Waals surface area contributed by atoms with Crippen molar-refractivity contribution in [1.29, 1.82) is 0 Å². The van der Waals surface area contributed by atoms with E-state index in [0.29, 0.717) is 6.07 Å². The molecule has 1 aromatic rings. The Kier molecular flexibility index (Phi) is 2.98. The molecule has 15 heavy (non-hydrogen) atoms. The van der Waals surface area contributed by atoms with Crippen molar-refractivity contribution in [3.05, 3.63) is 38.1 Å². The summed E-state index contributed by atoms with van der Waals surface area (Å²) in [4.78, 5) is 9.21. The molecule has 0 aliphatic rings. The van der Waals surface area contributed by atoms with E-state index in [1.807, 2.05) is 0 Å². The molecule has 3 nitrogen and oxygen atoms in total. The van der Waals surface area contributed by atoms with Crippen LogP contribution in [-0.4, -0.2) is 4.92 Å². The largest absolute Gasteiger partial charge is 0.419 e. The van der Waals surface area contributed by atoms with Gasteiger partial charge >= 0.3 is 6.18 Å². The van der Waals surface area contributed by atoms with Gasteiger partial charge in [-0.3, -0.25) is 10.1 Å². The van der Waals surface area contributed by atoms with Gasteiger partial charge in [0.25, 0.3) is 5.69 Å². The lowest BCUT2D eigenvalue weighted by molar-refractivity contribution is -0.385. The standard InChI is InChI=1S/C7H2BrF4NO2/c8-5-2-3(13(14)15)1-4(6(5)9)7(10,11)12/h1-2H. The summed E-state index contributed by atoms with van der Waals surface area (Å²) in [6.07, 6.45) is -4.96. The molecule has 0 atom stereocenters. The van der Waals surface area contributed by atoms with Crippen LogP contribution >= 0.6 is 15.9 Å². The van der Waals surface area contributed by atoms with Gasteiger partial charge in [0.05, 0.1) is 15.0 Å². The van der Waals surface area contributed by atoms with Crippen LogP contribution in [0.4, 0.5) is 23.2 Å². The molecule has 0 radical (unpaired) electrons. The third-order valence-corrected chi connectivity index (χ3v) is 2.11. The average molecular weight is 288 g/mol. The fourth-order valence-corrected chi connectivity index (χ4v) is 1.33. The Morgan fingerprint density at radius 2 is 1.87 bits per heavy atom. The van der Waals surface area contributed by atoms with E-state index in [1.54, 1.807) is 0 Å². The van der Waals surface area contributed by atoms with Gasteiger partial charge in [-0.05, 0) is 15.9 Å². The number of halogens is 5. The van der Waals surface area contributed by atoms with Gasteiger partial charge in [0.1, 0.15) is 5.82 Å². The molecule has 0 N–H and O–H groups in total. The van der Waals surface area contributed by atoms with Crippen LogP contribution in [-0.2, 0) is 6.18 Å². The van der Waals surface area contributed by atoms with Crippen molar-refractivity contribution >= 4 is 21.6 Å². The third-order valence-electron chi connectivity index (χ3n) is 1.53. The SMILES string of the molecule is O=[N+]([O-])c1cc(Br)c(F)c(C(F)(F)F)c1. The number of hydrogen-bond acceptors (Lipinski definition) is 2. The van der Waals surface area contributed by atoms with E-state index in [9.17, 15) is 27.7 Å². The van der Waals surface area contributed by atoms with Crippen LogP contribution in [0.5, 0.6) is 0 Å². The zero-order valence-electron chi connectivity index (χ0n) is 6.81. The molecule has 0 amide bonds. The first-order chi connectivity index (χ1) is 6.73. The van der Waals surface area contributed by atoms with Crippen LogP contribution in [0.15, 0.2) is 16.6 Å². The highest BCUT2D eigenvalue weighted by Crippen LogP contribution is 2.36. The zero-order chi connectivity index (χ0) is 11.8. The number of benzene rings is 1. The molecule has 0 fully saturated rings. The summed E-state index contributed by atoms with van der Waals surface area (Å²) in [5.41, 5.74) is -2.49. The van der Waals surface area contributed by atoms with Gasteiger partial charge in [0.2, 0.25) is 0 Å². The number of nitro groups is 1. The van der Waals surface area contributed by atoms with Crippen molar-refractivity contribution in [3.63, 3.8) is 0 Å².